The third-order valence-corrected chi connectivity index (χ3v) is 3.98. The quantitative estimate of drug-likeness (QED) is 0.858. The largest absolute Gasteiger partial charge is 0.497 e. The molecule has 0 spiro atoms. The minimum atomic E-state index is -4.53. The summed E-state index contributed by atoms with van der Waals surface area (Å²) in [5, 5.41) is 0. The second-order valence-corrected chi connectivity index (χ2v) is 5.67. The van der Waals surface area contributed by atoms with Crippen molar-refractivity contribution in [2.45, 2.75) is 17.5 Å². The minimum absolute atomic E-state index is 0.0991. The lowest BCUT2D eigenvalue weighted by Crippen LogP contribution is -2.17. The standard InChI is InChI=1S/C10H12F3NO3S/c1-17-7-2-3-8(14)9(6-7)18(15,16)5-4-10(11,12)13/h2-3,6H,4-5,14H2,1H3. The van der Waals surface area contributed by atoms with Crippen LogP contribution >= 0.6 is 0 Å². The van der Waals surface area contributed by atoms with E-state index >= 15 is 0 Å². The van der Waals surface area contributed by atoms with Gasteiger partial charge < -0.3 is 10.5 Å². The zero-order chi connectivity index (χ0) is 14.0. The first-order valence-corrected chi connectivity index (χ1v) is 6.54. The summed E-state index contributed by atoms with van der Waals surface area (Å²) < 4.78 is 64.4. The fourth-order valence-electron chi connectivity index (χ4n) is 1.27. The number of sulfone groups is 1. The number of benzene rings is 1. The minimum Gasteiger partial charge on any atom is -0.497 e. The van der Waals surface area contributed by atoms with Gasteiger partial charge in [0.25, 0.3) is 0 Å². The van der Waals surface area contributed by atoms with Crippen molar-refractivity contribution in [3.63, 3.8) is 0 Å². The van der Waals surface area contributed by atoms with E-state index in [1.54, 1.807) is 0 Å². The van der Waals surface area contributed by atoms with Gasteiger partial charge in [-0.2, -0.15) is 13.2 Å². The molecule has 0 unspecified atom stereocenters. The number of rotatable bonds is 4. The molecule has 0 heterocycles. The molecule has 102 valence electrons. The summed E-state index contributed by atoms with van der Waals surface area (Å²) in [6.07, 6.45) is -5.94. The van der Waals surface area contributed by atoms with Gasteiger partial charge in [-0.25, -0.2) is 8.42 Å². The topological polar surface area (TPSA) is 69.4 Å². The lowest BCUT2D eigenvalue weighted by Gasteiger charge is -2.10. The zero-order valence-electron chi connectivity index (χ0n) is 9.49. The first-order chi connectivity index (χ1) is 8.15. The first kappa shape index (κ1) is 14.6. The third-order valence-electron chi connectivity index (χ3n) is 2.21. The van der Waals surface area contributed by atoms with Crippen molar-refractivity contribution in [3.05, 3.63) is 18.2 Å². The van der Waals surface area contributed by atoms with Crippen LogP contribution in [0, 0.1) is 0 Å². The Morgan fingerprint density at radius 1 is 1.33 bits per heavy atom. The van der Waals surface area contributed by atoms with Crippen LogP contribution in [0.4, 0.5) is 18.9 Å². The fraction of sp³-hybridized carbons (Fsp3) is 0.400. The van der Waals surface area contributed by atoms with Crippen molar-refractivity contribution in [2.24, 2.45) is 0 Å². The monoisotopic (exact) mass is 283 g/mol. The molecule has 1 rings (SSSR count). The number of alkyl halides is 3. The number of halogens is 3. The van der Waals surface area contributed by atoms with E-state index in [0.717, 1.165) is 6.07 Å². The smallest absolute Gasteiger partial charge is 0.390 e. The van der Waals surface area contributed by atoms with Crippen molar-refractivity contribution in [3.8, 4) is 5.75 Å². The zero-order valence-corrected chi connectivity index (χ0v) is 10.3. The second kappa shape index (κ2) is 5.05. The molecule has 1 aromatic carbocycles. The highest BCUT2D eigenvalue weighted by molar-refractivity contribution is 7.91. The van der Waals surface area contributed by atoms with Gasteiger partial charge in [0.1, 0.15) is 5.75 Å². The molecule has 8 heteroatoms. The van der Waals surface area contributed by atoms with Crippen LogP contribution in [0.5, 0.6) is 5.75 Å². The molecular formula is C10H12F3NO3S. The molecule has 0 saturated carbocycles. The summed E-state index contributed by atoms with van der Waals surface area (Å²) in [5.74, 6) is -0.816. The van der Waals surface area contributed by atoms with Crippen LogP contribution in [0.15, 0.2) is 23.1 Å². The molecule has 2 N–H and O–H groups in total. The molecule has 0 aliphatic rings. The van der Waals surface area contributed by atoms with E-state index in [-0.39, 0.29) is 16.3 Å². The highest BCUT2D eigenvalue weighted by Crippen LogP contribution is 2.28. The Kier molecular flexibility index (Phi) is 4.10. The second-order valence-electron chi connectivity index (χ2n) is 3.59. The van der Waals surface area contributed by atoms with Gasteiger partial charge in [0.15, 0.2) is 9.84 Å². The van der Waals surface area contributed by atoms with E-state index in [4.69, 9.17) is 10.5 Å². The van der Waals surface area contributed by atoms with Crippen LogP contribution in [0.25, 0.3) is 0 Å². The molecular weight excluding hydrogens is 271 g/mol. The fourth-order valence-corrected chi connectivity index (χ4v) is 2.71. The molecule has 0 bridgehead atoms. The van der Waals surface area contributed by atoms with Gasteiger partial charge in [0.05, 0.1) is 29.9 Å². The lowest BCUT2D eigenvalue weighted by atomic mass is 10.3. The number of hydrogen-bond donors (Lipinski definition) is 1. The van der Waals surface area contributed by atoms with E-state index in [2.05, 4.69) is 0 Å². The molecule has 18 heavy (non-hydrogen) atoms. The van der Waals surface area contributed by atoms with Crippen LogP contribution < -0.4 is 10.5 Å². The Hall–Kier alpha value is -1.44. The first-order valence-electron chi connectivity index (χ1n) is 4.89. The molecule has 1 aromatic rings. The van der Waals surface area contributed by atoms with Gasteiger partial charge >= 0.3 is 6.18 Å². The summed E-state index contributed by atoms with van der Waals surface area (Å²) in [5.41, 5.74) is 5.35. The van der Waals surface area contributed by atoms with E-state index < -0.39 is 28.2 Å². The number of anilines is 1. The molecule has 0 atom stereocenters. The number of methoxy groups -OCH3 is 1. The van der Waals surface area contributed by atoms with E-state index in [1.165, 1.54) is 19.2 Å². The van der Waals surface area contributed by atoms with Gasteiger partial charge in [-0.15, -0.1) is 0 Å². The summed E-state index contributed by atoms with van der Waals surface area (Å²) in [6.45, 7) is 0. The van der Waals surface area contributed by atoms with Crippen LogP contribution in [0.3, 0.4) is 0 Å². The molecule has 0 aromatic heterocycles. The van der Waals surface area contributed by atoms with Crippen molar-refractivity contribution < 1.29 is 26.3 Å². The average molecular weight is 283 g/mol. The highest BCUT2D eigenvalue weighted by Gasteiger charge is 2.31. The Bertz CT molecular complexity index is 526. The maximum atomic E-state index is 12.0. The van der Waals surface area contributed by atoms with Crippen LogP contribution in [0.1, 0.15) is 6.42 Å². The molecule has 0 aliphatic carbocycles. The number of nitrogen functional groups attached to an aromatic ring is 1. The SMILES string of the molecule is COc1ccc(N)c(S(=O)(=O)CCC(F)(F)F)c1. The summed E-state index contributed by atoms with van der Waals surface area (Å²) in [7, 11) is -2.76. The maximum Gasteiger partial charge on any atom is 0.390 e. The Morgan fingerprint density at radius 3 is 2.44 bits per heavy atom. The highest BCUT2D eigenvalue weighted by atomic mass is 32.2. The van der Waals surface area contributed by atoms with Crippen molar-refractivity contribution in [1.82, 2.24) is 0 Å². The van der Waals surface area contributed by atoms with Crippen molar-refractivity contribution >= 4 is 15.5 Å². The average Bonchev–Trinajstić information content (AvgIpc) is 2.26. The van der Waals surface area contributed by atoms with Crippen LogP contribution in [-0.2, 0) is 9.84 Å². The van der Waals surface area contributed by atoms with Gasteiger partial charge in [-0.3, -0.25) is 0 Å². The number of nitrogens with two attached hydrogens (primary N) is 1. The molecule has 0 radical (unpaired) electrons. The molecule has 0 saturated heterocycles. The molecule has 4 nitrogen and oxygen atoms in total. The predicted molar refractivity (Wildman–Crippen MR) is 60.1 cm³/mol. The van der Waals surface area contributed by atoms with Crippen LogP contribution in [0.2, 0.25) is 0 Å². The van der Waals surface area contributed by atoms with Crippen molar-refractivity contribution in [1.29, 1.82) is 0 Å². The van der Waals surface area contributed by atoms with E-state index in [1.807, 2.05) is 0 Å². The number of hydrogen-bond acceptors (Lipinski definition) is 4. The summed E-state index contributed by atoms with van der Waals surface area (Å²) in [6, 6.07) is 3.82. The Labute approximate surface area is 102 Å². The van der Waals surface area contributed by atoms with E-state index in [9.17, 15) is 21.6 Å². The number of ether oxygens (including phenoxy) is 1. The molecule has 0 amide bonds. The maximum absolute atomic E-state index is 12.0. The van der Waals surface area contributed by atoms with Gasteiger partial charge in [-0.05, 0) is 12.1 Å². The molecule has 0 fully saturated rings. The molecule has 0 aliphatic heterocycles. The summed E-state index contributed by atoms with van der Waals surface area (Å²) >= 11 is 0. The van der Waals surface area contributed by atoms with E-state index in [0.29, 0.717) is 0 Å². The van der Waals surface area contributed by atoms with Gasteiger partial charge in [0, 0.05) is 6.07 Å². The predicted octanol–water partition coefficient (Wildman–Crippen LogP) is 2.00. The Morgan fingerprint density at radius 2 is 1.94 bits per heavy atom. The Balaban J connectivity index is 3.05. The van der Waals surface area contributed by atoms with Gasteiger partial charge in [0.2, 0.25) is 0 Å². The normalized spacial score (nSPS) is 12.4. The third kappa shape index (κ3) is 3.80. The van der Waals surface area contributed by atoms with Gasteiger partial charge in [-0.1, -0.05) is 0 Å². The van der Waals surface area contributed by atoms with Crippen LogP contribution in [-0.4, -0.2) is 27.5 Å². The lowest BCUT2D eigenvalue weighted by molar-refractivity contribution is -0.129. The van der Waals surface area contributed by atoms with Crippen molar-refractivity contribution in [2.75, 3.05) is 18.6 Å². The summed E-state index contributed by atoms with van der Waals surface area (Å²) in [4.78, 5) is -0.342.